The number of methoxy groups -OCH3 is 1. The molecule has 6 heteroatoms. The third-order valence-electron chi connectivity index (χ3n) is 3.57. The number of halogens is 1. The van der Waals surface area contributed by atoms with Gasteiger partial charge in [0.05, 0.1) is 41.2 Å². The smallest absolute Gasteiger partial charge is 0.337 e. The van der Waals surface area contributed by atoms with Crippen LogP contribution in [0.5, 0.6) is 0 Å². The Morgan fingerprint density at radius 1 is 1.26 bits per heavy atom. The molecule has 0 atom stereocenters. The minimum Gasteiger partial charge on any atom is -0.465 e. The molecule has 3 rings (SSSR count). The van der Waals surface area contributed by atoms with E-state index in [4.69, 9.17) is 0 Å². The lowest BCUT2D eigenvalue weighted by molar-refractivity contribution is 0.0600. The van der Waals surface area contributed by atoms with Crippen LogP contribution in [0.1, 0.15) is 21.6 Å². The zero-order valence-corrected chi connectivity index (χ0v) is 14.5. The van der Waals surface area contributed by atoms with Gasteiger partial charge in [-0.1, -0.05) is 12.1 Å². The van der Waals surface area contributed by atoms with E-state index in [1.807, 2.05) is 15.0 Å². The van der Waals surface area contributed by atoms with Gasteiger partial charge in [0.2, 0.25) is 5.43 Å². The number of hydrogen-bond donors (Lipinski definition) is 0. The van der Waals surface area contributed by atoms with Gasteiger partial charge in [-0.15, -0.1) is 0 Å². The van der Waals surface area contributed by atoms with Gasteiger partial charge >= 0.3 is 5.97 Å². The Labute approximate surface area is 146 Å². The summed E-state index contributed by atoms with van der Waals surface area (Å²) in [7, 11) is 1.35. The van der Waals surface area contributed by atoms with Gasteiger partial charge in [-0.2, -0.15) is 0 Å². The van der Waals surface area contributed by atoms with Crippen LogP contribution in [0.3, 0.4) is 0 Å². The number of rotatable bonds is 3. The second-order valence-electron chi connectivity index (χ2n) is 5.06. The van der Waals surface area contributed by atoms with Gasteiger partial charge in [0.15, 0.2) is 0 Å². The van der Waals surface area contributed by atoms with Crippen LogP contribution in [0.15, 0.2) is 53.7 Å². The van der Waals surface area contributed by atoms with E-state index in [0.29, 0.717) is 23.2 Å². The van der Waals surface area contributed by atoms with Gasteiger partial charge in [-0.3, -0.25) is 12.6 Å². The maximum Gasteiger partial charge on any atom is 0.337 e. The summed E-state index contributed by atoms with van der Waals surface area (Å²) in [6.07, 6.45) is 5.80. The third-order valence-corrected chi connectivity index (χ3v) is 4.17. The van der Waals surface area contributed by atoms with Crippen LogP contribution in [0.25, 0.3) is 11.1 Å². The standard InChI is InChI=1S/C17H13IN2O3/c1-23-17(22)12-4-2-11(3-5-12)8-15-16(21)14-10-20(18)7-6-13(14)9-19-15/h2-7,9-10H,8H2,1H3. The van der Waals surface area contributed by atoms with E-state index in [1.54, 1.807) is 36.7 Å². The van der Waals surface area contributed by atoms with Gasteiger partial charge in [0.1, 0.15) is 0 Å². The molecule has 2 aliphatic rings. The Hall–Kier alpha value is -2.22. The first kappa shape index (κ1) is 15.7. The molecule has 0 unspecified atom stereocenters. The van der Waals surface area contributed by atoms with Gasteiger partial charge in [-0.05, 0) is 23.8 Å². The highest BCUT2D eigenvalue weighted by molar-refractivity contribution is 14.1. The highest BCUT2D eigenvalue weighted by Crippen LogP contribution is 2.18. The second kappa shape index (κ2) is 6.49. The van der Waals surface area contributed by atoms with Crippen molar-refractivity contribution < 1.29 is 9.53 Å². The molecule has 0 N–H and O–H groups in total. The van der Waals surface area contributed by atoms with E-state index >= 15 is 0 Å². The second-order valence-corrected chi connectivity index (χ2v) is 6.17. The SMILES string of the molecule is COC(=O)c1ccc(Cc2ncc3ccn(I)cc-3c2=O)cc1. The highest BCUT2D eigenvalue weighted by Gasteiger charge is 2.13. The number of esters is 1. The number of ether oxygens (including phenoxy) is 1. The van der Waals surface area contributed by atoms with Crippen molar-refractivity contribution in [2.24, 2.45) is 0 Å². The molecule has 0 spiro atoms. The topological polar surface area (TPSA) is 61.2 Å². The molecule has 0 saturated carbocycles. The summed E-state index contributed by atoms with van der Waals surface area (Å²) in [4.78, 5) is 28.3. The van der Waals surface area contributed by atoms with Crippen LogP contribution in [0, 0.1) is 0 Å². The summed E-state index contributed by atoms with van der Waals surface area (Å²) in [6, 6.07) is 8.85. The minimum absolute atomic E-state index is 0.0643. The molecule has 0 radical (unpaired) electrons. The average Bonchev–Trinajstić information content (AvgIpc) is 2.58. The van der Waals surface area contributed by atoms with Crippen molar-refractivity contribution in [2.75, 3.05) is 7.11 Å². The van der Waals surface area contributed by atoms with Gasteiger partial charge in [0, 0.05) is 36.1 Å². The minimum atomic E-state index is -0.378. The van der Waals surface area contributed by atoms with Gasteiger partial charge in [-0.25, -0.2) is 4.79 Å². The first-order valence-corrected chi connectivity index (χ1v) is 7.88. The van der Waals surface area contributed by atoms with Crippen LogP contribution in [0.4, 0.5) is 0 Å². The molecule has 116 valence electrons. The van der Waals surface area contributed by atoms with Gasteiger partial charge < -0.3 is 4.74 Å². The summed E-state index contributed by atoms with van der Waals surface area (Å²) in [5, 5.41) is 0. The summed E-state index contributed by atoms with van der Waals surface area (Å²) < 4.78 is 6.48. The van der Waals surface area contributed by atoms with E-state index in [9.17, 15) is 9.59 Å². The van der Waals surface area contributed by atoms with E-state index in [-0.39, 0.29) is 11.4 Å². The molecule has 1 aromatic rings. The molecule has 0 bridgehead atoms. The van der Waals surface area contributed by atoms with E-state index in [0.717, 1.165) is 11.1 Å². The number of pyridine rings is 2. The first-order chi connectivity index (χ1) is 11.1. The largest absolute Gasteiger partial charge is 0.465 e. The zero-order valence-electron chi connectivity index (χ0n) is 12.3. The highest BCUT2D eigenvalue weighted by atomic mass is 127. The molecule has 0 aromatic heterocycles. The molecule has 5 nitrogen and oxygen atoms in total. The van der Waals surface area contributed by atoms with Crippen LogP contribution in [0.2, 0.25) is 0 Å². The summed E-state index contributed by atoms with van der Waals surface area (Å²) in [5.74, 6) is -0.378. The fourth-order valence-corrected chi connectivity index (χ4v) is 2.78. The van der Waals surface area contributed by atoms with Crippen molar-refractivity contribution >= 4 is 28.8 Å². The van der Waals surface area contributed by atoms with Crippen molar-refractivity contribution in [3.63, 3.8) is 0 Å². The summed E-state index contributed by atoms with van der Waals surface area (Å²) in [5.41, 5.74) is 3.30. The van der Waals surface area contributed by atoms with Crippen LogP contribution in [-0.4, -0.2) is 20.8 Å². The summed E-state index contributed by atoms with van der Waals surface area (Å²) >= 11 is 2.11. The molecular weight excluding hydrogens is 407 g/mol. The number of carbonyl (C=O) groups is 1. The van der Waals surface area contributed by atoms with E-state index in [1.165, 1.54) is 7.11 Å². The fraction of sp³-hybridized carbons (Fsp3) is 0.118. The maximum absolute atomic E-state index is 12.6. The Morgan fingerprint density at radius 2 is 2.00 bits per heavy atom. The van der Waals surface area contributed by atoms with E-state index < -0.39 is 0 Å². The number of fused-ring (bicyclic) bond motifs is 1. The van der Waals surface area contributed by atoms with Crippen molar-refractivity contribution in [2.45, 2.75) is 6.42 Å². The normalized spacial score (nSPS) is 10.7. The Kier molecular flexibility index (Phi) is 4.42. The van der Waals surface area contributed by atoms with Gasteiger partial charge in [0.25, 0.3) is 0 Å². The Morgan fingerprint density at radius 3 is 2.70 bits per heavy atom. The molecule has 0 fully saturated rings. The van der Waals surface area contributed by atoms with E-state index in [2.05, 4.69) is 32.6 Å². The summed E-state index contributed by atoms with van der Waals surface area (Å²) in [6.45, 7) is 0. The first-order valence-electron chi connectivity index (χ1n) is 6.92. The lowest BCUT2D eigenvalue weighted by Crippen LogP contribution is -2.15. The van der Waals surface area contributed by atoms with Crippen molar-refractivity contribution in [1.82, 2.24) is 7.76 Å². The van der Waals surface area contributed by atoms with Crippen LogP contribution >= 0.6 is 22.9 Å². The monoisotopic (exact) mass is 420 g/mol. The molecule has 2 aliphatic heterocycles. The third kappa shape index (κ3) is 3.26. The number of carbonyl (C=O) groups excluding carboxylic acids is 1. The number of nitrogens with zero attached hydrogens (tertiary/aromatic N) is 2. The van der Waals surface area contributed by atoms with Crippen LogP contribution < -0.4 is 5.43 Å². The predicted octanol–water partition coefficient (Wildman–Crippen LogP) is 2.92. The number of benzene rings is 1. The van der Waals surface area contributed by atoms with Crippen LogP contribution in [-0.2, 0) is 11.2 Å². The maximum atomic E-state index is 12.6. The molecular formula is C17H13IN2O3. The Balaban J connectivity index is 1.93. The number of hydrogen-bond acceptors (Lipinski definition) is 4. The van der Waals surface area contributed by atoms with Crippen molar-refractivity contribution in [3.8, 4) is 11.1 Å². The lowest BCUT2D eigenvalue weighted by atomic mass is 10.0. The lowest BCUT2D eigenvalue weighted by Gasteiger charge is -2.08. The molecule has 23 heavy (non-hydrogen) atoms. The zero-order chi connectivity index (χ0) is 16.4. The molecule has 2 heterocycles. The average molecular weight is 420 g/mol. The molecule has 0 aliphatic carbocycles. The molecule has 1 aromatic carbocycles. The number of aromatic nitrogens is 2. The molecule has 0 saturated heterocycles. The fourth-order valence-electron chi connectivity index (χ4n) is 2.34. The Bertz CT molecular complexity index is 887. The van der Waals surface area contributed by atoms with Crippen molar-refractivity contribution in [1.29, 1.82) is 0 Å². The molecule has 0 amide bonds. The quantitative estimate of drug-likeness (QED) is 0.483. The predicted molar refractivity (Wildman–Crippen MR) is 95.1 cm³/mol. The van der Waals surface area contributed by atoms with Crippen molar-refractivity contribution in [3.05, 3.63) is 76.0 Å².